The Hall–Kier alpha value is -2.36. The lowest BCUT2D eigenvalue weighted by Gasteiger charge is -2.19. The molecular weight excluding hydrogens is 334 g/mol. The van der Waals surface area contributed by atoms with Crippen LogP contribution in [-0.2, 0) is 16.6 Å². The Bertz CT molecular complexity index is 882. The third kappa shape index (κ3) is 4.19. The first kappa shape index (κ1) is 19.0. The van der Waals surface area contributed by atoms with Gasteiger partial charge in [-0.25, -0.2) is 8.42 Å². The van der Waals surface area contributed by atoms with Gasteiger partial charge in [0.15, 0.2) is 0 Å². The average Bonchev–Trinajstić information content (AvgIpc) is 2.61. The lowest BCUT2D eigenvalue weighted by molar-refractivity contribution is 0.445. The molecule has 0 radical (unpaired) electrons. The number of benzene rings is 2. The molecule has 25 heavy (non-hydrogen) atoms. The summed E-state index contributed by atoms with van der Waals surface area (Å²) in [6, 6.07) is 14.6. The summed E-state index contributed by atoms with van der Waals surface area (Å²) in [5.74, 6) is 0. The predicted molar refractivity (Wildman–Crippen MR) is 99.8 cm³/mol. The number of aryl methyl sites for hydroxylation is 1. The lowest BCUT2D eigenvalue weighted by atomic mass is 10.1. The largest absolute Gasteiger partial charge is 0.381 e. The van der Waals surface area contributed by atoms with Crippen molar-refractivity contribution in [3.05, 3.63) is 59.2 Å². The first-order valence-corrected chi connectivity index (χ1v) is 9.70. The summed E-state index contributed by atoms with van der Waals surface area (Å²) >= 11 is 0. The molecule has 0 fully saturated rings. The highest BCUT2D eigenvalue weighted by Crippen LogP contribution is 2.23. The summed E-state index contributed by atoms with van der Waals surface area (Å²) in [4.78, 5) is 0.276. The quantitative estimate of drug-likeness (QED) is 0.823. The first-order chi connectivity index (χ1) is 11.9. The third-order valence-electron chi connectivity index (χ3n) is 4.16. The van der Waals surface area contributed by atoms with Gasteiger partial charge in [0.2, 0.25) is 10.0 Å². The molecule has 2 rings (SSSR count). The minimum Gasteiger partial charge on any atom is -0.381 e. The molecule has 0 spiro atoms. The predicted octanol–water partition coefficient (Wildman–Crippen LogP) is 3.51. The Morgan fingerprint density at radius 2 is 1.80 bits per heavy atom. The smallest absolute Gasteiger partial charge is 0.243 e. The van der Waals surface area contributed by atoms with E-state index in [1.807, 2.05) is 39.0 Å². The van der Waals surface area contributed by atoms with Crippen molar-refractivity contribution in [2.75, 3.05) is 18.4 Å². The Balaban J connectivity index is 2.30. The molecule has 1 N–H and O–H groups in total. The van der Waals surface area contributed by atoms with Gasteiger partial charge in [-0.05, 0) is 36.2 Å². The van der Waals surface area contributed by atoms with E-state index >= 15 is 0 Å². The fraction of sp³-hybridized carbons (Fsp3) is 0.316. The average molecular weight is 357 g/mol. The summed E-state index contributed by atoms with van der Waals surface area (Å²) in [7, 11) is -3.50. The molecule has 0 heterocycles. The molecule has 0 aliphatic rings. The number of sulfonamides is 1. The number of hydrogen-bond donors (Lipinski definition) is 1. The number of hydrogen-bond acceptors (Lipinski definition) is 4. The van der Waals surface area contributed by atoms with Gasteiger partial charge < -0.3 is 5.32 Å². The van der Waals surface area contributed by atoms with E-state index in [0.29, 0.717) is 25.2 Å². The Kier molecular flexibility index (Phi) is 6.18. The number of nitrogens with one attached hydrogen (secondary N) is 1. The molecule has 2 aromatic rings. The van der Waals surface area contributed by atoms with Gasteiger partial charge >= 0.3 is 0 Å². The van der Waals surface area contributed by atoms with E-state index in [9.17, 15) is 13.7 Å². The molecule has 0 amide bonds. The molecule has 0 unspecified atom stereocenters. The number of nitriles is 1. The Morgan fingerprint density at radius 1 is 1.12 bits per heavy atom. The second kappa shape index (κ2) is 8.15. The normalized spacial score (nSPS) is 11.3. The van der Waals surface area contributed by atoms with E-state index in [-0.39, 0.29) is 4.90 Å². The van der Waals surface area contributed by atoms with E-state index < -0.39 is 10.0 Å². The van der Waals surface area contributed by atoms with Crippen LogP contribution < -0.4 is 5.32 Å². The van der Waals surface area contributed by atoms with Gasteiger partial charge in [0.1, 0.15) is 0 Å². The molecular formula is C19H23N3O2S. The maximum Gasteiger partial charge on any atom is 0.243 e. The van der Waals surface area contributed by atoms with E-state index in [0.717, 1.165) is 16.8 Å². The number of nitrogens with zero attached hydrogens (tertiary/aromatic N) is 2. The van der Waals surface area contributed by atoms with Gasteiger partial charge in [0.25, 0.3) is 0 Å². The lowest BCUT2D eigenvalue weighted by Crippen LogP contribution is -2.30. The van der Waals surface area contributed by atoms with Gasteiger partial charge in [-0.2, -0.15) is 9.57 Å². The summed E-state index contributed by atoms with van der Waals surface area (Å²) < 4.78 is 26.8. The summed E-state index contributed by atoms with van der Waals surface area (Å²) in [5, 5.41) is 12.4. The molecule has 0 aromatic heterocycles. The van der Waals surface area contributed by atoms with Crippen LogP contribution in [0.25, 0.3) is 0 Å². The van der Waals surface area contributed by atoms with Crippen molar-refractivity contribution < 1.29 is 8.42 Å². The Labute approximate surface area is 150 Å². The molecule has 132 valence electrons. The van der Waals surface area contributed by atoms with Crippen LogP contribution in [0.5, 0.6) is 0 Å². The number of anilines is 1. The van der Waals surface area contributed by atoms with Crippen molar-refractivity contribution in [3.8, 4) is 6.07 Å². The molecule has 0 aliphatic carbocycles. The van der Waals surface area contributed by atoms with Crippen molar-refractivity contribution >= 4 is 15.7 Å². The molecule has 2 aromatic carbocycles. The summed E-state index contributed by atoms with van der Waals surface area (Å²) in [5.41, 5.74) is 3.19. The zero-order valence-electron chi connectivity index (χ0n) is 14.8. The minimum atomic E-state index is -3.50. The van der Waals surface area contributed by atoms with Crippen LogP contribution in [0.4, 0.5) is 5.69 Å². The summed E-state index contributed by atoms with van der Waals surface area (Å²) in [6.07, 6.45) is 0. The van der Waals surface area contributed by atoms with Gasteiger partial charge in [-0.15, -0.1) is 0 Å². The van der Waals surface area contributed by atoms with Gasteiger partial charge in [-0.3, -0.25) is 0 Å². The van der Waals surface area contributed by atoms with E-state index in [1.165, 1.54) is 4.31 Å². The monoisotopic (exact) mass is 357 g/mol. The minimum absolute atomic E-state index is 0.276. The fourth-order valence-corrected chi connectivity index (χ4v) is 4.12. The van der Waals surface area contributed by atoms with Crippen LogP contribution in [0.15, 0.2) is 47.4 Å². The molecule has 0 atom stereocenters. The van der Waals surface area contributed by atoms with Crippen LogP contribution in [0.1, 0.15) is 30.5 Å². The van der Waals surface area contributed by atoms with Gasteiger partial charge in [-0.1, -0.05) is 38.1 Å². The van der Waals surface area contributed by atoms with Crippen molar-refractivity contribution in [1.29, 1.82) is 5.26 Å². The molecule has 0 bridgehead atoms. The standard InChI is InChI=1S/C19H23N3O2S/c1-4-22(5-2)25(23,24)18-11-10-15(3)19(12-18)21-14-17-9-7-6-8-16(17)13-20/h6-12,21H,4-5,14H2,1-3H3. The second-order valence-electron chi connectivity index (χ2n) is 5.69. The van der Waals surface area contributed by atoms with Crippen LogP contribution in [-0.4, -0.2) is 25.8 Å². The molecule has 0 aliphatic heterocycles. The van der Waals surface area contributed by atoms with Crippen LogP contribution in [0.3, 0.4) is 0 Å². The highest BCUT2D eigenvalue weighted by atomic mass is 32.2. The topological polar surface area (TPSA) is 73.2 Å². The zero-order chi connectivity index (χ0) is 18.4. The van der Waals surface area contributed by atoms with Crippen molar-refractivity contribution in [1.82, 2.24) is 4.31 Å². The highest BCUT2D eigenvalue weighted by molar-refractivity contribution is 7.89. The maximum absolute atomic E-state index is 12.7. The van der Waals surface area contributed by atoms with Crippen LogP contribution in [0.2, 0.25) is 0 Å². The van der Waals surface area contributed by atoms with Gasteiger partial charge in [0.05, 0.1) is 16.5 Å². The van der Waals surface area contributed by atoms with Crippen molar-refractivity contribution in [3.63, 3.8) is 0 Å². The van der Waals surface area contributed by atoms with Gasteiger partial charge in [0, 0.05) is 25.3 Å². The fourth-order valence-electron chi connectivity index (χ4n) is 2.64. The first-order valence-electron chi connectivity index (χ1n) is 8.26. The Morgan fingerprint density at radius 3 is 2.44 bits per heavy atom. The van der Waals surface area contributed by atoms with E-state index in [1.54, 1.807) is 24.3 Å². The SMILES string of the molecule is CCN(CC)S(=O)(=O)c1ccc(C)c(NCc2ccccc2C#N)c1. The third-order valence-corrected chi connectivity index (χ3v) is 6.21. The zero-order valence-corrected chi connectivity index (χ0v) is 15.6. The van der Waals surface area contributed by atoms with Crippen molar-refractivity contribution in [2.24, 2.45) is 0 Å². The van der Waals surface area contributed by atoms with E-state index in [4.69, 9.17) is 0 Å². The van der Waals surface area contributed by atoms with Crippen LogP contribution >= 0.6 is 0 Å². The molecule has 6 heteroatoms. The number of rotatable bonds is 7. The molecule has 0 saturated heterocycles. The molecule has 0 saturated carbocycles. The van der Waals surface area contributed by atoms with Crippen LogP contribution in [0, 0.1) is 18.3 Å². The molecule has 5 nitrogen and oxygen atoms in total. The maximum atomic E-state index is 12.7. The van der Waals surface area contributed by atoms with Crippen molar-refractivity contribution in [2.45, 2.75) is 32.2 Å². The highest BCUT2D eigenvalue weighted by Gasteiger charge is 2.22. The summed E-state index contributed by atoms with van der Waals surface area (Å²) in [6.45, 7) is 6.90. The van der Waals surface area contributed by atoms with E-state index in [2.05, 4.69) is 11.4 Å². The second-order valence-corrected chi connectivity index (χ2v) is 7.63.